The number of carbonyl (C=O) groups excluding carboxylic acids is 1. The third-order valence-corrected chi connectivity index (χ3v) is 3.32. The van der Waals surface area contributed by atoms with Crippen LogP contribution in [-0.2, 0) is 4.79 Å². The first-order valence-electron chi connectivity index (χ1n) is 6.47. The molecule has 1 aromatic heterocycles. The third kappa shape index (κ3) is 3.18. The van der Waals surface area contributed by atoms with E-state index in [0.717, 1.165) is 36.3 Å². The van der Waals surface area contributed by atoms with Gasteiger partial charge >= 0.3 is 0 Å². The number of aromatic nitrogens is 2. The Balaban J connectivity index is 0.00000147. The van der Waals surface area contributed by atoms with Crippen LogP contribution in [0, 0.1) is 0 Å². The van der Waals surface area contributed by atoms with E-state index in [9.17, 15) is 4.79 Å². The second-order valence-electron chi connectivity index (χ2n) is 4.69. The van der Waals surface area contributed by atoms with E-state index in [2.05, 4.69) is 20.8 Å². The Morgan fingerprint density at radius 2 is 2.25 bits per heavy atom. The summed E-state index contributed by atoms with van der Waals surface area (Å²) in [6.45, 7) is 0.923. The molecule has 1 fully saturated rings. The normalized spacial score (nSPS) is 17.5. The Morgan fingerprint density at radius 1 is 1.35 bits per heavy atom. The lowest BCUT2D eigenvalue weighted by atomic mass is 10.1. The van der Waals surface area contributed by atoms with E-state index in [1.54, 1.807) is 6.20 Å². The Hall–Kier alpha value is -1.85. The van der Waals surface area contributed by atoms with E-state index in [4.69, 9.17) is 0 Å². The molecule has 2 aromatic rings. The van der Waals surface area contributed by atoms with Crippen molar-refractivity contribution >= 4 is 24.0 Å². The van der Waals surface area contributed by atoms with Crippen molar-refractivity contribution < 1.29 is 4.79 Å². The molecule has 0 saturated carbocycles. The summed E-state index contributed by atoms with van der Waals surface area (Å²) in [7, 11) is 0. The van der Waals surface area contributed by atoms with E-state index < -0.39 is 0 Å². The summed E-state index contributed by atoms with van der Waals surface area (Å²) >= 11 is 0. The van der Waals surface area contributed by atoms with Crippen molar-refractivity contribution in [3.63, 3.8) is 0 Å². The number of nitrogens with zero attached hydrogens (tertiary/aromatic N) is 1. The molecule has 0 spiro atoms. The van der Waals surface area contributed by atoms with Gasteiger partial charge < -0.3 is 10.6 Å². The molecule has 1 atom stereocenters. The minimum absolute atomic E-state index is 0. The maximum Gasteiger partial charge on any atom is 0.241 e. The van der Waals surface area contributed by atoms with Crippen molar-refractivity contribution in [2.45, 2.75) is 18.9 Å². The van der Waals surface area contributed by atoms with E-state index in [1.165, 1.54) is 0 Å². The maximum absolute atomic E-state index is 12.0. The maximum atomic E-state index is 12.0. The van der Waals surface area contributed by atoms with Gasteiger partial charge in [-0.05, 0) is 37.6 Å². The highest BCUT2D eigenvalue weighted by molar-refractivity contribution is 5.95. The van der Waals surface area contributed by atoms with Gasteiger partial charge in [-0.3, -0.25) is 9.89 Å². The van der Waals surface area contributed by atoms with Gasteiger partial charge in [0.1, 0.15) is 0 Å². The highest BCUT2D eigenvalue weighted by Crippen LogP contribution is 2.20. The lowest BCUT2D eigenvalue weighted by Crippen LogP contribution is -2.35. The molecule has 3 rings (SSSR count). The zero-order chi connectivity index (χ0) is 13.1. The van der Waals surface area contributed by atoms with E-state index >= 15 is 0 Å². The highest BCUT2D eigenvalue weighted by Gasteiger charge is 2.21. The van der Waals surface area contributed by atoms with Gasteiger partial charge in [0.25, 0.3) is 0 Å². The number of benzene rings is 1. The number of amides is 1. The van der Waals surface area contributed by atoms with Crippen LogP contribution in [0.15, 0.2) is 36.5 Å². The molecule has 1 saturated heterocycles. The fourth-order valence-electron chi connectivity index (χ4n) is 2.32. The van der Waals surface area contributed by atoms with Crippen molar-refractivity contribution in [2.24, 2.45) is 0 Å². The van der Waals surface area contributed by atoms with Crippen LogP contribution in [0.4, 0.5) is 5.69 Å². The van der Waals surface area contributed by atoms with Gasteiger partial charge in [0.05, 0.1) is 11.7 Å². The van der Waals surface area contributed by atoms with Crippen molar-refractivity contribution in [3.05, 3.63) is 36.5 Å². The molecular weight excluding hydrogens is 276 g/mol. The lowest BCUT2D eigenvalue weighted by Gasteiger charge is -2.11. The number of carbonyl (C=O) groups is 1. The summed E-state index contributed by atoms with van der Waals surface area (Å²) in [6, 6.07) is 9.59. The lowest BCUT2D eigenvalue weighted by molar-refractivity contribution is -0.117. The molecular formula is C14H17ClN4O. The number of hydrogen-bond acceptors (Lipinski definition) is 3. The van der Waals surface area contributed by atoms with Crippen LogP contribution >= 0.6 is 12.4 Å². The summed E-state index contributed by atoms with van der Waals surface area (Å²) in [5.74, 6) is 0.0410. The molecule has 106 valence electrons. The molecule has 0 aliphatic carbocycles. The Morgan fingerprint density at radius 3 is 2.95 bits per heavy atom. The largest absolute Gasteiger partial charge is 0.325 e. The molecule has 3 N–H and O–H groups in total. The first-order valence-corrected chi connectivity index (χ1v) is 6.47. The molecule has 1 unspecified atom stereocenters. The summed E-state index contributed by atoms with van der Waals surface area (Å²) in [6.07, 6.45) is 3.68. The first kappa shape index (κ1) is 14.6. The van der Waals surface area contributed by atoms with Gasteiger partial charge in [-0.1, -0.05) is 12.1 Å². The number of hydrogen-bond donors (Lipinski definition) is 3. The van der Waals surface area contributed by atoms with Gasteiger partial charge in [-0.2, -0.15) is 5.10 Å². The van der Waals surface area contributed by atoms with Crippen LogP contribution in [0.25, 0.3) is 11.3 Å². The SMILES string of the molecule is Cl.O=C(Nc1cccc(-c2ccn[nH]2)c1)C1CCCN1. The number of aromatic amines is 1. The monoisotopic (exact) mass is 292 g/mol. The van der Waals surface area contributed by atoms with Crippen molar-refractivity contribution in [3.8, 4) is 11.3 Å². The Bertz CT molecular complexity index is 564. The Labute approximate surface area is 123 Å². The average Bonchev–Trinajstić information content (AvgIpc) is 3.13. The van der Waals surface area contributed by atoms with Crippen molar-refractivity contribution in [1.82, 2.24) is 15.5 Å². The number of anilines is 1. The first-order chi connectivity index (χ1) is 9.33. The summed E-state index contributed by atoms with van der Waals surface area (Å²) < 4.78 is 0. The minimum atomic E-state index is -0.0594. The third-order valence-electron chi connectivity index (χ3n) is 3.32. The van der Waals surface area contributed by atoms with Crippen molar-refractivity contribution in [2.75, 3.05) is 11.9 Å². The molecule has 2 heterocycles. The standard InChI is InChI=1S/C14H16N4O.ClH/c19-14(13-5-2-7-15-13)17-11-4-1-3-10(9-11)12-6-8-16-18-12;/h1,3-4,6,8-9,13,15H,2,5,7H2,(H,16,18)(H,17,19);1H. The quantitative estimate of drug-likeness (QED) is 0.812. The number of rotatable bonds is 3. The van der Waals surface area contributed by atoms with Gasteiger partial charge in [0.2, 0.25) is 5.91 Å². The van der Waals surface area contributed by atoms with Gasteiger partial charge in [0, 0.05) is 17.4 Å². The molecule has 0 radical (unpaired) electrons. The number of nitrogens with one attached hydrogen (secondary N) is 3. The summed E-state index contributed by atoms with van der Waals surface area (Å²) in [5.41, 5.74) is 2.76. The zero-order valence-electron chi connectivity index (χ0n) is 10.9. The van der Waals surface area contributed by atoms with Crippen LogP contribution in [-0.4, -0.2) is 28.7 Å². The number of H-pyrrole nitrogens is 1. The molecule has 6 heteroatoms. The highest BCUT2D eigenvalue weighted by atomic mass is 35.5. The summed E-state index contributed by atoms with van der Waals surface area (Å²) in [4.78, 5) is 12.0. The van der Waals surface area contributed by atoms with Crippen molar-refractivity contribution in [1.29, 1.82) is 0 Å². The van der Waals surface area contributed by atoms with Crippen LogP contribution in [0.3, 0.4) is 0 Å². The molecule has 1 amide bonds. The second-order valence-corrected chi connectivity index (χ2v) is 4.69. The predicted octanol–water partition coefficient (Wildman–Crippen LogP) is 2.19. The number of halogens is 1. The summed E-state index contributed by atoms with van der Waals surface area (Å²) in [5, 5.41) is 13.0. The molecule has 0 bridgehead atoms. The van der Waals surface area contributed by atoms with E-state index in [0.29, 0.717) is 0 Å². The van der Waals surface area contributed by atoms with Crippen LogP contribution in [0.2, 0.25) is 0 Å². The molecule has 5 nitrogen and oxygen atoms in total. The minimum Gasteiger partial charge on any atom is -0.325 e. The van der Waals surface area contributed by atoms with Crippen LogP contribution in [0.5, 0.6) is 0 Å². The smallest absolute Gasteiger partial charge is 0.241 e. The van der Waals surface area contributed by atoms with Crippen LogP contribution < -0.4 is 10.6 Å². The van der Waals surface area contributed by atoms with Gasteiger partial charge in [-0.25, -0.2) is 0 Å². The average molecular weight is 293 g/mol. The van der Waals surface area contributed by atoms with Gasteiger partial charge in [0.15, 0.2) is 0 Å². The second kappa shape index (κ2) is 6.54. The molecule has 1 aliphatic heterocycles. The predicted molar refractivity (Wildman–Crippen MR) is 80.9 cm³/mol. The van der Waals surface area contributed by atoms with E-state index in [1.807, 2.05) is 30.3 Å². The van der Waals surface area contributed by atoms with E-state index in [-0.39, 0.29) is 24.4 Å². The zero-order valence-corrected chi connectivity index (χ0v) is 11.7. The fourth-order valence-corrected chi connectivity index (χ4v) is 2.32. The molecule has 20 heavy (non-hydrogen) atoms. The Kier molecular flexibility index (Phi) is 4.76. The van der Waals surface area contributed by atoms with Crippen LogP contribution in [0.1, 0.15) is 12.8 Å². The molecule has 1 aliphatic rings. The van der Waals surface area contributed by atoms with Gasteiger partial charge in [-0.15, -0.1) is 12.4 Å². The fraction of sp³-hybridized carbons (Fsp3) is 0.286. The molecule has 1 aromatic carbocycles. The topological polar surface area (TPSA) is 69.8 Å².